The molecule has 1 N–H and O–H groups in total. The van der Waals surface area contributed by atoms with Gasteiger partial charge in [0, 0.05) is 19.5 Å². The highest BCUT2D eigenvalue weighted by molar-refractivity contribution is 5.86. The Morgan fingerprint density at radius 2 is 2.05 bits per heavy atom. The average molecular weight is 291 g/mol. The number of hydrogen-bond acceptors (Lipinski definition) is 3. The van der Waals surface area contributed by atoms with Gasteiger partial charge >= 0.3 is 5.97 Å². The van der Waals surface area contributed by atoms with Gasteiger partial charge in [0.2, 0.25) is 5.91 Å². The Morgan fingerprint density at radius 1 is 1.38 bits per heavy atom. The van der Waals surface area contributed by atoms with Gasteiger partial charge in [-0.1, -0.05) is 26.0 Å². The first-order chi connectivity index (χ1) is 9.95. The molecule has 5 nitrogen and oxygen atoms in total. The lowest BCUT2D eigenvalue weighted by molar-refractivity contribution is -0.141. The summed E-state index contributed by atoms with van der Waals surface area (Å²) in [4.78, 5) is 24.3. The molecule has 0 radical (unpaired) electrons. The van der Waals surface area contributed by atoms with Crippen LogP contribution in [0.3, 0.4) is 0 Å². The number of benzene rings is 1. The predicted octanol–water partition coefficient (Wildman–Crippen LogP) is 2.15. The Kier molecular flexibility index (Phi) is 4.83. The minimum Gasteiger partial charge on any atom is -0.493 e. The van der Waals surface area contributed by atoms with E-state index in [1.54, 1.807) is 4.90 Å². The second-order valence-corrected chi connectivity index (χ2v) is 5.86. The zero-order chi connectivity index (χ0) is 15.4. The molecule has 1 aliphatic heterocycles. The zero-order valence-corrected chi connectivity index (χ0v) is 12.4. The fourth-order valence-corrected chi connectivity index (χ4v) is 2.26. The van der Waals surface area contributed by atoms with Gasteiger partial charge in [-0.3, -0.25) is 9.59 Å². The number of amides is 1. The summed E-state index contributed by atoms with van der Waals surface area (Å²) in [6.45, 7) is 5.59. The standard InChI is InChI=1S/C16H21NO4/c1-11(2)10-21-14-5-3-12(4-6-14)8-17-9-13(16(19)20)7-15(17)18/h3-6,11,13H,7-10H2,1-2H3,(H,19,20). The highest BCUT2D eigenvalue weighted by Crippen LogP contribution is 2.21. The summed E-state index contributed by atoms with van der Waals surface area (Å²) >= 11 is 0. The lowest BCUT2D eigenvalue weighted by atomic mass is 10.1. The minimum atomic E-state index is -0.900. The van der Waals surface area contributed by atoms with Crippen LogP contribution in [0.4, 0.5) is 0 Å². The van der Waals surface area contributed by atoms with Crippen LogP contribution in [-0.4, -0.2) is 35.0 Å². The SMILES string of the molecule is CC(C)COc1ccc(CN2CC(C(=O)O)CC2=O)cc1. The summed E-state index contributed by atoms with van der Waals surface area (Å²) < 4.78 is 5.60. The molecule has 0 bridgehead atoms. The first kappa shape index (κ1) is 15.4. The van der Waals surface area contributed by atoms with Crippen LogP contribution in [0.5, 0.6) is 5.75 Å². The fraction of sp³-hybridized carbons (Fsp3) is 0.500. The van der Waals surface area contributed by atoms with Crippen molar-refractivity contribution in [1.82, 2.24) is 4.90 Å². The molecular formula is C16H21NO4. The molecule has 5 heteroatoms. The molecule has 1 aromatic rings. The van der Waals surface area contributed by atoms with Crippen LogP contribution in [-0.2, 0) is 16.1 Å². The smallest absolute Gasteiger partial charge is 0.308 e. The number of carboxylic acids is 1. The largest absolute Gasteiger partial charge is 0.493 e. The summed E-state index contributed by atoms with van der Waals surface area (Å²) in [7, 11) is 0. The molecule has 2 rings (SSSR count). The Balaban J connectivity index is 1.91. The molecule has 1 fully saturated rings. The third-order valence-electron chi connectivity index (χ3n) is 3.44. The summed E-state index contributed by atoms with van der Waals surface area (Å²) in [5, 5.41) is 8.96. The molecule has 0 aromatic heterocycles. The van der Waals surface area contributed by atoms with E-state index in [4.69, 9.17) is 9.84 Å². The third kappa shape index (κ3) is 4.21. The Bertz CT molecular complexity index is 510. The van der Waals surface area contributed by atoms with E-state index in [-0.39, 0.29) is 12.3 Å². The van der Waals surface area contributed by atoms with Crippen molar-refractivity contribution in [3.8, 4) is 5.75 Å². The van der Waals surface area contributed by atoms with Gasteiger partial charge in [-0.2, -0.15) is 0 Å². The number of hydrogen-bond donors (Lipinski definition) is 1. The van der Waals surface area contributed by atoms with Crippen LogP contribution in [0, 0.1) is 11.8 Å². The van der Waals surface area contributed by atoms with Crippen LogP contribution in [0.1, 0.15) is 25.8 Å². The Labute approximate surface area is 124 Å². The second kappa shape index (κ2) is 6.61. The predicted molar refractivity (Wildman–Crippen MR) is 77.9 cm³/mol. The fourth-order valence-electron chi connectivity index (χ4n) is 2.26. The number of carboxylic acid groups (broad SMARTS) is 1. The molecule has 1 aromatic carbocycles. The van der Waals surface area contributed by atoms with Gasteiger partial charge in [-0.25, -0.2) is 0 Å². The zero-order valence-electron chi connectivity index (χ0n) is 12.4. The van der Waals surface area contributed by atoms with Crippen molar-refractivity contribution in [3.63, 3.8) is 0 Å². The topological polar surface area (TPSA) is 66.8 Å². The van der Waals surface area contributed by atoms with Gasteiger partial charge in [0.1, 0.15) is 5.75 Å². The number of nitrogens with zero attached hydrogens (tertiary/aromatic N) is 1. The molecule has 1 aliphatic rings. The van der Waals surface area contributed by atoms with Gasteiger partial charge in [0.25, 0.3) is 0 Å². The number of likely N-dealkylation sites (tertiary alicyclic amines) is 1. The molecular weight excluding hydrogens is 270 g/mol. The summed E-state index contributed by atoms with van der Waals surface area (Å²) in [6, 6.07) is 7.59. The van der Waals surface area contributed by atoms with Crippen LogP contribution in [0.2, 0.25) is 0 Å². The van der Waals surface area contributed by atoms with E-state index in [0.717, 1.165) is 11.3 Å². The van der Waals surface area contributed by atoms with E-state index in [9.17, 15) is 9.59 Å². The van der Waals surface area contributed by atoms with Crippen molar-refractivity contribution in [2.75, 3.05) is 13.2 Å². The van der Waals surface area contributed by atoms with E-state index in [1.165, 1.54) is 0 Å². The van der Waals surface area contributed by atoms with Crippen LogP contribution in [0.25, 0.3) is 0 Å². The maximum Gasteiger partial charge on any atom is 0.308 e. The van der Waals surface area contributed by atoms with Gasteiger partial charge < -0.3 is 14.7 Å². The molecule has 0 spiro atoms. The van der Waals surface area contributed by atoms with E-state index in [1.807, 2.05) is 24.3 Å². The number of carbonyl (C=O) groups is 2. The quantitative estimate of drug-likeness (QED) is 0.872. The molecule has 1 unspecified atom stereocenters. The van der Waals surface area contributed by atoms with Crippen molar-refractivity contribution in [1.29, 1.82) is 0 Å². The molecule has 114 valence electrons. The summed E-state index contributed by atoms with van der Waals surface area (Å²) in [5.41, 5.74) is 0.978. The lowest BCUT2D eigenvalue weighted by Gasteiger charge is -2.16. The van der Waals surface area contributed by atoms with Crippen molar-refractivity contribution in [3.05, 3.63) is 29.8 Å². The Morgan fingerprint density at radius 3 is 2.57 bits per heavy atom. The normalized spacial score (nSPS) is 18.3. The minimum absolute atomic E-state index is 0.0949. The van der Waals surface area contributed by atoms with Crippen molar-refractivity contribution in [2.24, 2.45) is 11.8 Å². The van der Waals surface area contributed by atoms with Crippen molar-refractivity contribution >= 4 is 11.9 Å². The van der Waals surface area contributed by atoms with Gasteiger partial charge in [0.05, 0.1) is 12.5 Å². The molecule has 21 heavy (non-hydrogen) atoms. The lowest BCUT2D eigenvalue weighted by Crippen LogP contribution is -2.25. The summed E-state index contributed by atoms with van der Waals surface area (Å²) in [5.74, 6) is -0.291. The average Bonchev–Trinajstić information content (AvgIpc) is 2.80. The highest BCUT2D eigenvalue weighted by Gasteiger charge is 2.33. The monoisotopic (exact) mass is 291 g/mol. The Hall–Kier alpha value is -2.04. The molecule has 0 saturated carbocycles. The number of rotatable bonds is 6. The number of carbonyl (C=O) groups excluding carboxylic acids is 1. The van der Waals surface area contributed by atoms with E-state index >= 15 is 0 Å². The van der Waals surface area contributed by atoms with E-state index < -0.39 is 11.9 Å². The van der Waals surface area contributed by atoms with E-state index in [0.29, 0.717) is 25.6 Å². The van der Waals surface area contributed by atoms with Gasteiger partial charge in [-0.15, -0.1) is 0 Å². The highest BCUT2D eigenvalue weighted by atomic mass is 16.5. The first-order valence-corrected chi connectivity index (χ1v) is 7.18. The maximum atomic E-state index is 11.8. The number of ether oxygens (including phenoxy) is 1. The third-order valence-corrected chi connectivity index (χ3v) is 3.44. The molecule has 1 amide bonds. The van der Waals surface area contributed by atoms with Gasteiger partial charge in [0.15, 0.2) is 0 Å². The van der Waals surface area contributed by atoms with Crippen molar-refractivity contribution < 1.29 is 19.4 Å². The molecule has 1 saturated heterocycles. The van der Waals surface area contributed by atoms with Gasteiger partial charge in [-0.05, 0) is 23.6 Å². The van der Waals surface area contributed by atoms with E-state index in [2.05, 4.69) is 13.8 Å². The second-order valence-electron chi connectivity index (χ2n) is 5.86. The molecule has 1 heterocycles. The first-order valence-electron chi connectivity index (χ1n) is 7.18. The summed E-state index contributed by atoms with van der Waals surface area (Å²) in [6.07, 6.45) is 0.102. The van der Waals surface area contributed by atoms with Crippen LogP contribution >= 0.6 is 0 Å². The molecule has 0 aliphatic carbocycles. The van der Waals surface area contributed by atoms with Crippen molar-refractivity contribution in [2.45, 2.75) is 26.8 Å². The number of aliphatic carboxylic acids is 1. The maximum absolute atomic E-state index is 11.8. The molecule has 1 atom stereocenters. The van der Waals surface area contributed by atoms with Crippen LogP contribution in [0.15, 0.2) is 24.3 Å². The van der Waals surface area contributed by atoms with Crippen LogP contribution < -0.4 is 4.74 Å².